The lowest BCUT2D eigenvalue weighted by Crippen LogP contribution is -2.23. The summed E-state index contributed by atoms with van der Waals surface area (Å²) in [5.74, 6) is -1.38. The molecule has 1 aromatic heterocycles. The summed E-state index contributed by atoms with van der Waals surface area (Å²) in [6.07, 6.45) is 1.06. The number of benzene rings is 2. The van der Waals surface area contributed by atoms with Crippen molar-refractivity contribution in [3.8, 4) is 0 Å². The molecular weight excluding hydrogens is 431 g/mol. The number of ether oxygens (including phenoxy) is 1. The van der Waals surface area contributed by atoms with Crippen molar-refractivity contribution in [3.63, 3.8) is 0 Å². The van der Waals surface area contributed by atoms with Crippen LogP contribution in [0.2, 0.25) is 0 Å². The largest absolute Gasteiger partial charge is 0.465 e. The summed E-state index contributed by atoms with van der Waals surface area (Å²) < 4.78 is 43.8. The fourth-order valence-corrected chi connectivity index (χ4v) is 4.59. The Morgan fingerprint density at radius 1 is 1.17 bits per heavy atom. The third kappa shape index (κ3) is 5.19. The fraction of sp³-hybridized carbons (Fsp3) is 0.250. The molecule has 158 valence electrons. The summed E-state index contributed by atoms with van der Waals surface area (Å²) in [5, 5.41) is 0. The van der Waals surface area contributed by atoms with Crippen LogP contribution >= 0.6 is 11.3 Å². The van der Waals surface area contributed by atoms with Gasteiger partial charge in [-0.15, -0.1) is 0 Å². The highest BCUT2D eigenvalue weighted by atomic mass is 32.2. The smallest absolute Gasteiger partial charge is 0.326 e. The molecule has 2 aromatic carbocycles. The number of aromatic nitrogens is 1. The number of carbonyl (C=O) groups excluding carboxylic acids is 2. The van der Waals surface area contributed by atoms with E-state index in [9.17, 15) is 22.4 Å². The van der Waals surface area contributed by atoms with Crippen molar-refractivity contribution < 1.29 is 27.1 Å². The van der Waals surface area contributed by atoms with Gasteiger partial charge in [0.05, 0.1) is 28.1 Å². The van der Waals surface area contributed by atoms with Crippen molar-refractivity contribution in [1.29, 1.82) is 0 Å². The number of amides is 1. The van der Waals surface area contributed by atoms with Crippen molar-refractivity contribution >= 4 is 43.3 Å². The Balaban J connectivity index is 2.05. The van der Waals surface area contributed by atoms with E-state index < -0.39 is 27.5 Å². The van der Waals surface area contributed by atoms with Gasteiger partial charge in [-0.25, -0.2) is 12.8 Å². The molecule has 0 N–H and O–H groups in total. The third-order valence-electron chi connectivity index (χ3n) is 4.16. The summed E-state index contributed by atoms with van der Waals surface area (Å²) >= 11 is 1.10. The summed E-state index contributed by atoms with van der Waals surface area (Å²) in [4.78, 5) is 29.0. The van der Waals surface area contributed by atoms with E-state index in [4.69, 9.17) is 4.74 Å². The molecule has 0 fully saturated rings. The predicted molar refractivity (Wildman–Crippen MR) is 110 cm³/mol. The second kappa shape index (κ2) is 8.88. The molecule has 0 aliphatic rings. The topological polar surface area (TPSA) is 94.8 Å². The minimum atomic E-state index is -3.42. The van der Waals surface area contributed by atoms with Crippen LogP contribution in [0.4, 0.5) is 4.39 Å². The highest BCUT2D eigenvalue weighted by Crippen LogP contribution is 2.22. The van der Waals surface area contributed by atoms with Gasteiger partial charge in [-0.3, -0.25) is 9.59 Å². The first-order chi connectivity index (χ1) is 14.2. The minimum Gasteiger partial charge on any atom is -0.465 e. The molecular formula is C20H19FN2O5S2. The zero-order valence-electron chi connectivity index (χ0n) is 16.3. The number of rotatable bonds is 6. The summed E-state index contributed by atoms with van der Waals surface area (Å²) in [7, 11) is -3.42. The number of fused-ring (bicyclic) bond motifs is 1. The maximum Gasteiger partial charge on any atom is 0.326 e. The number of thiazole rings is 1. The zero-order chi connectivity index (χ0) is 21.9. The SMILES string of the molecule is CCOC(=O)Cn1c(=NC(=O)Cc2ccc(F)cc2)sc2cc(S(C)(=O)=O)ccc21. The van der Waals surface area contributed by atoms with Gasteiger partial charge in [-0.1, -0.05) is 23.5 Å². The Morgan fingerprint density at radius 2 is 1.87 bits per heavy atom. The summed E-state index contributed by atoms with van der Waals surface area (Å²) in [6.45, 7) is 1.72. The van der Waals surface area contributed by atoms with Crippen LogP contribution in [0.3, 0.4) is 0 Å². The molecule has 0 aliphatic heterocycles. The number of esters is 1. The van der Waals surface area contributed by atoms with Crippen molar-refractivity contribution in [2.75, 3.05) is 12.9 Å². The number of hydrogen-bond donors (Lipinski definition) is 0. The average Bonchev–Trinajstić information content (AvgIpc) is 2.99. The lowest BCUT2D eigenvalue weighted by molar-refractivity contribution is -0.143. The molecule has 3 aromatic rings. The molecule has 0 spiro atoms. The second-order valence-electron chi connectivity index (χ2n) is 6.49. The van der Waals surface area contributed by atoms with Crippen molar-refractivity contribution in [2.24, 2.45) is 4.99 Å². The molecule has 1 amide bonds. The van der Waals surface area contributed by atoms with Crippen molar-refractivity contribution in [3.05, 3.63) is 58.6 Å². The van der Waals surface area contributed by atoms with Crippen LogP contribution in [-0.2, 0) is 37.1 Å². The lowest BCUT2D eigenvalue weighted by Gasteiger charge is -2.05. The number of hydrogen-bond acceptors (Lipinski definition) is 6. The highest BCUT2D eigenvalue weighted by molar-refractivity contribution is 7.90. The number of nitrogens with zero attached hydrogens (tertiary/aromatic N) is 2. The number of sulfone groups is 1. The standard InChI is InChI=1S/C20H19FN2O5S2/c1-3-28-19(25)12-23-16-9-8-15(30(2,26)27)11-17(16)29-20(23)22-18(24)10-13-4-6-14(21)7-5-13/h4-9,11H,3,10,12H2,1-2H3. The number of carbonyl (C=O) groups is 2. The van der Waals surface area contributed by atoms with Gasteiger partial charge >= 0.3 is 5.97 Å². The summed E-state index contributed by atoms with van der Waals surface area (Å²) in [5.41, 5.74) is 1.16. The highest BCUT2D eigenvalue weighted by Gasteiger charge is 2.15. The Kier molecular flexibility index (Phi) is 6.47. The second-order valence-corrected chi connectivity index (χ2v) is 9.51. The predicted octanol–water partition coefficient (Wildman–Crippen LogP) is 2.48. The van der Waals surface area contributed by atoms with E-state index >= 15 is 0 Å². The van der Waals surface area contributed by atoms with E-state index in [-0.39, 0.29) is 29.3 Å². The maximum atomic E-state index is 13.0. The van der Waals surface area contributed by atoms with Gasteiger partial charge in [0.1, 0.15) is 12.4 Å². The molecule has 0 atom stereocenters. The lowest BCUT2D eigenvalue weighted by atomic mass is 10.1. The molecule has 7 nitrogen and oxygen atoms in total. The van der Waals surface area contributed by atoms with Crippen LogP contribution < -0.4 is 4.80 Å². The van der Waals surface area contributed by atoms with Crippen LogP contribution in [0.5, 0.6) is 0 Å². The number of halogens is 1. The molecule has 10 heteroatoms. The van der Waals surface area contributed by atoms with Gasteiger partial charge in [-0.2, -0.15) is 4.99 Å². The first-order valence-corrected chi connectivity index (χ1v) is 11.7. The van der Waals surface area contributed by atoms with E-state index in [1.165, 1.54) is 41.0 Å². The van der Waals surface area contributed by atoms with Crippen LogP contribution in [0.15, 0.2) is 52.4 Å². The quantitative estimate of drug-likeness (QED) is 0.538. The first-order valence-electron chi connectivity index (χ1n) is 8.98. The van der Waals surface area contributed by atoms with Gasteiger partial charge < -0.3 is 9.30 Å². The molecule has 0 saturated heterocycles. The maximum absolute atomic E-state index is 13.0. The van der Waals surface area contributed by atoms with Crippen LogP contribution in [0.1, 0.15) is 12.5 Å². The first kappa shape index (κ1) is 21.8. The monoisotopic (exact) mass is 450 g/mol. The molecule has 3 rings (SSSR count). The molecule has 0 radical (unpaired) electrons. The molecule has 0 aliphatic carbocycles. The van der Waals surface area contributed by atoms with E-state index in [2.05, 4.69) is 4.99 Å². The van der Waals surface area contributed by atoms with E-state index in [1.807, 2.05) is 0 Å². The fourth-order valence-electron chi connectivity index (χ4n) is 2.78. The van der Waals surface area contributed by atoms with E-state index in [0.717, 1.165) is 17.6 Å². The van der Waals surface area contributed by atoms with Gasteiger partial charge in [0, 0.05) is 6.26 Å². The van der Waals surface area contributed by atoms with Gasteiger partial charge in [0.15, 0.2) is 14.6 Å². The molecule has 0 unspecified atom stereocenters. The molecule has 0 bridgehead atoms. The molecule has 0 saturated carbocycles. The van der Waals surface area contributed by atoms with Crippen LogP contribution in [0.25, 0.3) is 10.2 Å². The van der Waals surface area contributed by atoms with Crippen molar-refractivity contribution in [1.82, 2.24) is 4.57 Å². The molecule has 30 heavy (non-hydrogen) atoms. The minimum absolute atomic E-state index is 0.0392. The Hall–Kier alpha value is -2.85. The Bertz CT molecular complexity index is 1270. The third-order valence-corrected chi connectivity index (χ3v) is 6.32. The van der Waals surface area contributed by atoms with Crippen LogP contribution in [0, 0.1) is 5.82 Å². The molecule has 1 heterocycles. The van der Waals surface area contributed by atoms with Gasteiger partial charge in [0.2, 0.25) is 0 Å². The normalized spacial score (nSPS) is 12.3. The average molecular weight is 451 g/mol. The van der Waals surface area contributed by atoms with Gasteiger partial charge in [-0.05, 0) is 42.8 Å². The Labute approximate surface area is 176 Å². The Morgan fingerprint density at radius 3 is 2.50 bits per heavy atom. The van der Waals surface area contributed by atoms with E-state index in [1.54, 1.807) is 13.0 Å². The zero-order valence-corrected chi connectivity index (χ0v) is 17.9. The van der Waals surface area contributed by atoms with Crippen LogP contribution in [-0.4, -0.2) is 37.7 Å². The van der Waals surface area contributed by atoms with E-state index in [0.29, 0.717) is 15.8 Å². The van der Waals surface area contributed by atoms with Crippen molar-refractivity contribution in [2.45, 2.75) is 24.8 Å². The summed E-state index contributed by atoms with van der Waals surface area (Å²) in [6, 6.07) is 10.0. The van der Waals surface area contributed by atoms with Gasteiger partial charge in [0.25, 0.3) is 5.91 Å².